The topological polar surface area (TPSA) is 46.5 Å². The van der Waals surface area contributed by atoms with Crippen LogP contribution in [0, 0.1) is 5.92 Å². The van der Waals surface area contributed by atoms with Crippen molar-refractivity contribution in [1.29, 1.82) is 0 Å². The van der Waals surface area contributed by atoms with Gasteiger partial charge in [-0.25, -0.2) is 4.79 Å². The first kappa shape index (κ1) is 13.0. The summed E-state index contributed by atoms with van der Waals surface area (Å²) in [6, 6.07) is 0. The molecule has 0 saturated heterocycles. The highest BCUT2D eigenvalue weighted by molar-refractivity contribution is 5.91. The lowest BCUT2D eigenvalue weighted by Gasteiger charge is -2.21. The van der Waals surface area contributed by atoms with Gasteiger partial charge in [0.25, 0.3) is 0 Å². The molecule has 0 amide bonds. The molecule has 3 heteroatoms. The lowest BCUT2D eigenvalue weighted by Crippen LogP contribution is -2.26. The molecule has 1 rings (SSSR count). The summed E-state index contributed by atoms with van der Waals surface area (Å²) < 4.78 is 5.32. The van der Waals surface area contributed by atoms with E-state index in [2.05, 4.69) is 6.58 Å². The van der Waals surface area contributed by atoms with Gasteiger partial charge < -0.3 is 9.84 Å². The number of ether oxygens (including phenoxy) is 1. The van der Waals surface area contributed by atoms with E-state index in [0.717, 1.165) is 0 Å². The average molecular weight is 224 g/mol. The van der Waals surface area contributed by atoms with Crippen LogP contribution < -0.4 is 0 Å². The number of rotatable bonds is 2. The summed E-state index contributed by atoms with van der Waals surface area (Å²) in [7, 11) is 0. The Morgan fingerprint density at radius 1 is 1.56 bits per heavy atom. The van der Waals surface area contributed by atoms with E-state index in [1.54, 1.807) is 13.0 Å². The Balaban J connectivity index is 2.93. The van der Waals surface area contributed by atoms with Crippen LogP contribution in [0.25, 0.3) is 0 Å². The number of allylic oxidation sites excluding steroid dienone is 1. The molecule has 0 aromatic carbocycles. The summed E-state index contributed by atoms with van der Waals surface area (Å²) in [5.41, 5.74) is 0.764. The molecule has 1 N–H and O–H groups in total. The number of aliphatic hydroxyl groups excluding tert-OH is 1. The van der Waals surface area contributed by atoms with Gasteiger partial charge in [0, 0.05) is 11.5 Å². The maximum atomic E-state index is 11.9. The number of aliphatic hydroxyl groups is 1. The molecule has 0 unspecified atom stereocenters. The van der Waals surface area contributed by atoms with Gasteiger partial charge in [-0.1, -0.05) is 6.08 Å². The molecule has 0 aromatic rings. The van der Waals surface area contributed by atoms with Crippen molar-refractivity contribution in [1.82, 2.24) is 0 Å². The highest BCUT2D eigenvalue weighted by Crippen LogP contribution is 2.34. The maximum Gasteiger partial charge on any atom is 0.335 e. The monoisotopic (exact) mass is 224 g/mol. The largest absolute Gasteiger partial charge is 0.457 e. The third-order valence-corrected chi connectivity index (χ3v) is 2.68. The summed E-state index contributed by atoms with van der Waals surface area (Å²) in [4.78, 5) is 11.9. The van der Waals surface area contributed by atoms with Crippen molar-refractivity contribution in [2.24, 2.45) is 5.92 Å². The van der Waals surface area contributed by atoms with E-state index in [1.165, 1.54) is 0 Å². The smallest absolute Gasteiger partial charge is 0.335 e. The van der Waals surface area contributed by atoms with Crippen molar-refractivity contribution in [3.63, 3.8) is 0 Å². The van der Waals surface area contributed by atoms with Gasteiger partial charge >= 0.3 is 5.97 Å². The van der Waals surface area contributed by atoms with Gasteiger partial charge in [-0.2, -0.15) is 0 Å². The van der Waals surface area contributed by atoms with E-state index in [9.17, 15) is 9.90 Å². The van der Waals surface area contributed by atoms with Crippen molar-refractivity contribution in [2.45, 2.75) is 45.8 Å². The standard InChI is InChI=1S/C13H20O3/c1-6-9-7-10(14)8(2)11(9)12(15)16-13(3,4)5/h6,9-10,14H,1,7H2,2-5H3/t9-,10+/m0/s1. The van der Waals surface area contributed by atoms with Gasteiger partial charge in [-0.05, 0) is 39.7 Å². The number of carbonyl (C=O) groups excluding carboxylic acids is 1. The van der Waals surface area contributed by atoms with Gasteiger partial charge in [-0.3, -0.25) is 0 Å². The molecule has 0 saturated carbocycles. The Hall–Kier alpha value is -1.09. The first-order valence-electron chi connectivity index (χ1n) is 5.51. The lowest BCUT2D eigenvalue weighted by atomic mass is 10.0. The van der Waals surface area contributed by atoms with Crippen LogP contribution >= 0.6 is 0 Å². The Bertz CT molecular complexity index is 334. The molecule has 0 heterocycles. The molecule has 0 spiro atoms. The molecular formula is C13H20O3. The van der Waals surface area contributed by atoms with Crippen molar-refractivity contribution in [3.05, 3.63) is 23.8 Å². The minimum Gasteiger partial charge on any atom is -0.457 e. The fourth-order valence-corrected chi connectivity index (χ4v) is 1.87. The average Bonchev–Trinajstić information content (AvgIpc) is 2.40. The van der Waals surface area contributed by atoms with E-state index < -0.39 is 11.7 Å². The first-order chi connectivity index (χ1) is 7.26. The van der Waals surface area contributed by atoms with Crippen LogP contribution in [0.5, 0.6) is 0 Å². The second kappa shape index (κ2) is 4.42. The predicted molar refractivity (Wildman–Crippen MR) is 62.9 cm³/mol. The summed E-state index contributed by atoms with van der Waals surface area (Å²) in [6.45, 7) is 10.9. The lowest BCUT2D eigenvalue weighted by molar-refractivity contribution is -0.150. The molecule has 0 radical (unpaired) electrons. The summed E-state index contributed by atoms with van der Waals surface area (Å²) in [6.07, 6.45) is 1.67. The Labute approximate surface area is 96.8 Å². The minimum absolute atomic E-state index is 0.0927. The zero-order chi connectivity index (χ0) is 12.5. The SMILES string of the molecule is C=C[C@H]1C[C@@H](O)C(C)=C1C(=O)OC(C)(C)C. The molecule has 2 atom stereocenters. The first-order valence-corrected chi connectivity index (χ1v) is 5.51. The van der Waals surface area contributed by atoms with Crippen molar-refractivity contribution < 1.29 is 14.6 Å². The van der Waals surface area contributed by atoms with E-state index in [1.807, 2.05) is 20.8 Å². The predicted octanol–water partition coefficient (Wildman–Crippen LogP) is 2.21. The third kappa shape index (κ3) is 2.73. The van der Waals surface area contributed by atoms with Crippen LogP contribution in [0.2, 0.25) is 0 Å². The van der Waals surface area contributed by atoms with E-state index >= 15 is 0 Å². The molecule has 90 valence electrons. The fraction of sp³-hybridized carbons (Fsp3) is 0.615. The highest BCUT2D eigenvalue weighted by Gasteiger charge is 2.34. The van der Waals surface area contributed by atoms with Gasteiger partial charge in [-0.15, -0.1) is 6.58 Å². The molecule has 16 heavy (non-hydrogen) atoms. The zero-order valence-corrected chi connectivity index (χ0v) is 10.4. The molecule has 0 fully saturated rings. The quantitative estimate of drug-likeness (QED) is 0.578. The number of hydrogen-bond donors (Lipinski definition) is 1. The van der Waals surface area contributed by atoms with Crippen LogP contribution in [0.4, 0.5) is 0 Å². The fourth-order valence-electron chi connectivity index (χ4n) is 1.87. The van der Waals surface area contributed by atoms with Crippen molar-refractivity contribution in [2.75, 3.05) is 0 Å². The molecular weight excluding hydrogens is 204 g/mol. The summed E-state index contributed by atoms with van der Waals surface area (Å²) in [5.74, 6) is -0.434. The van der Waals surface area contributed by atoms with Crippen LogP contribution in [0.3, 0.4) is 0 Å². The number of carbonyl (C=O) groups is 1. The van der Waals surface area contributed by atoms with E-state index in [-0.39, 0.29) is 11.9 Å². The summed E-state index contributed by atoms with van der Waals surface area (Å²) >= 11 is 0. The Morgan fingerprint density at radius 3 is 2.56 bits per heavy atom. The van der Waals surface area contributed by atoms with Crippen LogP contribution in [0.15, 0.2) is 23.8 Å². The van der Waals surface area contributed by atoms with E-state index in [4.69, 9.17) is 4.74 Å². The van der Waals surface area contributed by atoms with E-state index in [0.29, 0.717) is 17.6 Å². The van der Waals surface area contributed by atoms with Gasteiger partial charge in [0.15, 0.2) is 0 Å². The zero-order valence-electron chi connectivity index (χ0n) is 10.4. The Morgan fingerprint density at radius 2 is 2.12 bits per heavy atom. The summed E-state index contributed by atoms with van der Waals surface area (Å²) in [5, 5.41) is 9.70. The van der Waals surface area contributed by atoms with Crippen molar-refractivity contribution >= 4 is 5.97 Å². The number of esters is 1. The molecule has 1 aliphatic carbocycles. The Kier molecular flexibility index (Phi) is 3.58. The second-order valence-electron chi connectivity index (χ2n) is 5.19. The normalized spacial score (nSPS) is 25.8. The number of hydrogen-bond acceptors (Lipinski definition) is 3. The molecule has 0 bridgehead atoms. The van der Waals surface area contributed by atoms with Gasteiger partial charge in [0.1, 0.15) is 5.60 Å². The van der Waals surface area contributed by atoms with Gasteiger partial charge in [0.05, 0.1) is 6.10 Å². The molecule has 0 aromatic heterocycles. The van der Waals surface area contributed by atoms with Crippen molar-refractivity contribution in [3.8, 4) is 0 Å². The molecule has 1 aliphatic rings. The van der Waals surface area contributed by atoms with Gasteiger partial charge in [0.2, 0.25) is 0 Å². The molecule has 0 aliphatic heterocycles. The van der Waals surface area contributed by atoms with Crippen LogP contribution in [-0.4, -0.2) is 22.8 Å². The molecule has 3 nitrogen and oxygen atoms in total. The van der Waals surface area contributed by atoms with Crippen LogP contribution in [-0.2, 0) is 9.53 Å². The second-order valence-corrected chi connectivity index (χ2v) is 5.19. The highest BCUT2D eigenvalue weighted by atomic mass is 16.6. The van der Waals surface area contributed by atoms with Crippen LogP contribution in [0.1, 0.15) is 34.1 Å². The minimum atomic E-state index is -0.550. The maximum absolute atomic E-state index is 11.9. The third-order valence-electron chi connectivity index (χ3n) is 2.68.